The van der Waals surface area contributed by atoms with Gasteiger partial charge in [0.15, 0.2) is 0 Å². The molecule has 0 amide bonds. The maximum atomic E-state index is 9.33. The van der Waals surface area contributed by atoms with Gasteiger partial charge in [-0.25, -0.2) is 0 Å². The van der Waals surface area contributed by atoms with Crippen LogP contribution in [0.5, 0.6) is 5.75 Å². The Bertz CT molecular complexity index is 401. The van der Waals surface area contributed by atoms with Crippen LogP contribution in [0.25, 0.3) is 0 Å². The molecular formula is C15H20N2O. The van der Waals surface area contributed by atoms with Crippen LogP contribution in [-0.4, -0.2) is 31.6 Å². The van der Waals surface area contributed by atoms with E-state index >= 15 is 0 Å². The number of hydrogen-bond acceptors (Lipinski definition) is 3. The monoisotopic (exact) mass is 244 g/mol. The van der Waals surface area contributed by atoms with Crippen molar-refractivity contribution in [3.8, 4) is 11.8 Å². The summed E-state index contributed by atoms with van der Waals surface area (Å²) in [5.74, 6) is 0.808. The van der Waals surface area contributed by atoms with Gasteiger partial charge in [-0.15, -0.1) is 0 Å². The Kier molecular flexibility index (Phi) is 4.60. The van der Waals surface area contributed by atoms with Crippen molar-refractivity contribution in [3.63, 3.8) is 0 Å². The molecule has 18 heavy (non-hydrogen) atoms. The average Bonchev–Trinajstić information content (AvgIpc) is 2.46. The van der Waals surface area contributed by atoms with Crippen LogP contribution >= 0.6 is 0 Å². The number of methoxy groups -OCH3 is 1. The molecule has 1 aromatic carbocycles. The van der Waals surface area contributed by atoms with E-state index in [-0.39, 0.29) is 5.92 Å². The molecule has 0 spiro atoms. The zero-order valence-corrected chi connectivity index (χ0v) is 10.9. The van der Waals surface area contributed by atoms with Crippen LogP contribution in [0.3, 0.4) is 0 Å². The largest absolute Gasteiger partial charge is 0.497 e. The number of nitriles is 1. The van der Waals surface area contributed by atoms with Crippen LogP contribution in [0.4, 0.5) is 0 Å². The van der Waals surface area contributed by atoms with E-state index in [1.54, 1.807) is 7.11 Å². The third-order valence-electron chi connectivity index (χ3n) is 3.56. The first-order chi connectivity index (χ1) is 8.83. The highest BCUT2D eigenvalue weighted by atomic mass is 16.5. The van der Waals surface area contributed by atoms with Gasteiger partial charge in [0.05, 0.1) is 19.1 Å². The normalized spacial score (nSPS) is 18.0. The molecule has 0 aromatic heterocycles. The van der Waals surface area contributed by atoms with Crippen molar-refractivity contribution in [2.45, 2.75) is 25.2 Å². The third kappa shape index (κ3) is 3.24. The minimum absolute atomic E-state index is 0.0333. The Morgan fingerprint density at radius 3 is 2.44 bits per heavy atom. The Labute approximate surface area is 109 Å². The Morgan fingerprint density at radius 2 is 1.89 bits per heavy atom. The average molecular weight is 244 g/mol. The summed E-state index contributed by atoms with van der Waals surface area (Å²) in [7, 11) is 1.66. The molecule has 0 saturated carbocycles. The van der Waals surface area contributed by atoms with Gasteiger partial charge >= 0.3 is 0 Å². The molecule has 1 heterocycles. The minimum atomic E-state index is -0.0333. The lowest BCUT2D eigenvalue weighted by Crippen LogP contribution is -2.33. The molecule has 96 valence electrons. The standard InChI is InChI=1S/C15H20N2O/c1-18-15-7-5-13(6-8-15)14(11-16)12-17-9-3-2-4-10-17/h5-8,14H,2-4,9-10,12H2,1H3. The summed E-state index contributed by atoms with van der Waals surface area (Å²) in [6, 6.07) is 10.3. The second-order valence-corrected chi connectivity index (χ2v) is 4.82. The van der Waals surface area contributed by atoms with Gasteiger partial charge < -0.3 is 9.64 Å². The lowest BCUT2D eigenvalue weighted by Gasteiger charge is -2.28. The summed E-state index contributed by atoms with van der Waals surface area (Å²) in [6.07, 6.45) is 3.86. The zero-order valence-electron chi connectivity index (χ0n) is 10.9. The van der Waals surface area contributed by atoms with E-state index < -0.39 is 0 Å². The van der Waals surface area contributed by atoms with Crippen LogP contribution in [0.15, 0.2) is 24.3 Å². The fourth-order valence-corrected chi connectivity index (χ4v) is 2.46. The maximum absolute atomic E-state index is 9.33. The number of likely N-dealkylation sites (tertiary alicyclic amines) is 1. The first-order valence-corrected chi connectivity index (χ1v) is 6.59. The summed E-state index contributed by atoms with van der Waals surface area (Å²) >= 11 is 0. The third-order valence-corrected chi connectivity index (χ3v) is 3.56. The van der Waals surface area contributed by atoms with Crippen molar-refractivity contribution in [2.75, 3.05) is 26.7 Å². The lowest BCUT2D eigenvalue weighted by molar-refractivity contribution is 0.225. The van der Waals surface area contributed by atoms with Gasteiger partial charge in [-0.1, -0.05) is 18.6 Å². The number of nitrogens with zero attached hydrogens (tertiary/aromatic N) is 2. The SMILES string of the molecule is COc1ccc(C(C#N)CN2CCCCC2)cc1. The van der Waals surface area contributed by atoms with Crippen LogP contribution in [0, 0.1) is 11.3 Å². The molecule has 1 fully saturated rings. The van der Waals surface area contributed by atoms with E-state index in [2.05, 4.69) is 11.0 Å². The van der Waals surface area contributed by atoms with Crippen molar-refractivity contribution in [3.05, 3.63) is 29.8 Å². The summed E-state index contributed by atoms with van der Waals surface area (Å²) < 4.78 is 5.14. The smallest absolute Gasteiger partial charge is 0.118 e. The predicted octanol–water partition coefficient (Wildman–Crippen LogP) is 2.79. The fourth-order valence-electron chi connectivity index (χ4n) is 2.46. The second-order valence-electron chi connectivity index (χ2n) is 4.82. The molecule has 0 N–H and O–H groups in total. The Morgan fingerprint density at radius 1 is 1.22 bits per heavy atom. The molecular weight excluding hydrogens is 224 g/mol. The molecule has 1 aliphatic rings. The van der Waals surface area contributed by atoms with Crippen molar-refractivity contribution in [1.82, 2.24) is 4.90 Å². The first-order valence-electron chi connectivity index (χ1n) is 6.59. The van der Waals surface area contributed by atoms with E-state index in [4.69, 9.17) is 4.74 Å². The molecule has 1 atom stereocenters. The van der Waals surface area contributed by atoms with Gasteiger partial charge in [0, 0.05) is 6.54 Å². The molecule has 0 aliphatic carbocycles. The van der Waals surface area contributed by atoms with E-state index in [1.165, 1.54) is 19.3 Å². The van der Waals surface area contributed by atoms with Gasteiger partial charge in [-0.3, -0.25) is 0 Å². The van der Waals surface area contributed by atoms with Crippen LogP contribution in [-0.2, 0) is 0 Å². The molecule has 1 aromatic rings. The molecule has 1 saturated heterocycles. The van der Waals surface area contributed by atoms with Gasteiger partial charge in [-0.05, 0) is 43.6 Å². The zero-order chi connectivity index (χ0) is 12.8. The minimum Gasteiger partial charge on any atom is -0.497 e. The Balaban J connectivity index is 2.00. The van der Waals surface area contributed by atoms with Crippen molar-refractivity contribution < 1.29 is 4.74 Å². The van der Waals surface area contributed by atoms with Gasteiger partial charge in [-0.2, -0.15) is 5.26 Å². The van der Waals surface area contributed by atoms with E-state index in [0.29, 0.717) is 0 Å². The van der Waals surface area contributed by atoms with Gasteiger partial charge in [0.1, 0.15) is 5.75 Å². The number of ether oxygens (including phenoxy) is 1. The van der Waals surface area contributed by atoms with Crippen LogP contribution in [0.2, 0.25) is 0 Å². The van der Waals surface area contributed by atoms with Crippen LogP contribution in [0.1, 0.15) is 30.7 Å². The molecule has 3 nitrogen and oxygen atoms in total. The molecule has 2 rings (SSSR count). The Hall–Kier alpha value is -1.53. The number of benzene rings is 1. The quantitative estimate of drug-likeness (QED) is 0.817. The maximum Gasteiger partial charge on any atom is 0.118 e. The first kappa shape index (κ1) is 12.9. The predicted molar refractivity (Wildman–Crippen MR) is 71.6 cm³/mol. The van der Waals surface area contributed by atoms with Crippen molar-refractivity contribution in [2.24, 2.45) is 0 Å². The summed E-state index contributed by atoms with van der Waals surface area (Å²) in [5, 5.41) is 9.33. The molecule has 0 radical (unpaired) electrons. The highest BCUT2D eigenvalue weighted by Crippen LogP contribution is 2.21. The highest BCUT2D eigenvalue weighted by molar-refractivity contribution is 5.32. The second kappa shape index (κ2) is 6.42. The highest BCUT2D eigenvalue weighted by Gasteiger charge is 2.17. The van der Waals surface area contributed by atoms with E-state index in [1.807, 2.05) is 24.3 Å². The molecule has 1 aliphatic heterocycles. The van der Waals surface area contributed by atoms with E-state index in [9.17, 15) is 5.26 Å². The molecule has 1 unspecified atom stereocenters. The van der Waals surface area contributed by atoms with Crippen LogP contribution < -0.4 is 4.74 Å². The molecule has 0 bridgehead atoms. The van der Waals surface area contributed by atoms with E-state index in [0.717, 1.165) is 30.9 Å². The fraction of sp³-hybridized carbons (Fsp3) is 0.533. The van der Waals surface area contributed by atoms with Gasteiger partial charge in [0.2, 0.25) is 0 Å². The number of hydrogen-bond donors (Lipinski definition) is 0. The summed E-state index contributed by atoms with van der Waals surface area (Å²) in [5.41, 5.74) is 1.09. The van der Waals surface area contributed by atoms with Crippen molar-refractivity contribution in [1.29, 1.82) is 5.26 Å². The summed E-state index contributed by atoms with van der Waals surface area (Å²) in [4.78, 5) is 2.40. The van der Waals surface area contributed by atoms with Gasteiger partial charge in [0.25, 0.3) is 0 Å². The summed E-state index contributed by atoms with van der Waals surface area (Å²) in [6.45, 7) is 3.12. The number of piperidine rings is 1. The van der Waals surface area contributed by atoms with Crippen molar-refractivity contribution >= 4 is 0 Å². The lowest BCUT2D eigenvalue weighted by atomic mass is 9.99. The number of rotatable bonds is 4. The topological polar surface area (TPSA) is 36.3 Å². The molecule has 3 heteroatoms.